The van der Waals surface area contributed by atoms with Gasteiger partial charge in [0, 0.05) is 19.5 Å². The highest BCUT2D eigenvalue weighted by atomic mass is 16.6. The zero-order valence-corrected chi connectivity index (χ0v) is 16.7. The molecule has 3 N–H and O–H groups in total. The van der Waals surface area contributed by atoms with Crippen molar-refractivity contribution in [1.82, 2.24) is 20.8 Å². The molecule has 0 spiro atoms. The lowest BCUT2D eigenvalue weighted by atomic mass is 10.2. The lowest BCUT2D eigenvalue weighted by molar-refractivity contribution is 0.0527. The van der Waals surface area contributed by atoms with Crippen LogP contribution in [0.3, 0.4) is 0 Å². The summed E-state index contributed by atoms with van der Waals surface area (Å²) in [5.74, 6) is 0.0761. The molecule has 1 atom stereocenters. The summed E-state index contributed by atoms with van der Waals surface area (Å²) in [5, 5.41) is 18.6. The van der Waals surface area contributed by atoms with Crippen molar-refractivity contribution in [2.75, 3.05) is 19.7 Å². The fourth-order valence-corrected chi connectivity index (χ4v) is 2.09. The van der Waals surface area contributed by atoms with Crippen molar-refractivity contribution in [3.63, 3.8) is 0 Å². The van der Waals surface area contributed by atoms with Gasteiger partial charge in [0.1, 0.15) is 24.1 Å². The molecule has 0 saturated heterocycles. The van der Waals surface area contributed by atoms with E-state index in [0.717, 1.165) is 0 Å². The van der Waals surface area contributed by atoms with Crippen LogP contribution in [0.5, 0.6) is 5.75 Å². The molecule has 0 saturated carbocycles. The Bertz CT molecular complexity index is 787. The van der Waals surface area contributed by atoms with Crippen LogP contribution in [0, 0.1) is 0 Å². The Labute approximate surface area is 168 Å². The Morgan fingerprint density at radius 2 is 1.93 bits per heavy atom. The number of benzene rings is 1. The van der Waals surface area contributed by atoms with E-state index >= 15 is 0 Å². The molecular weight excluding hydrogens is 380 g/mol. The number of rotatable bonds is 9. The number of hydrogen-bond acceptors (Lipinski definition) is 8. The topological polar surface area (TPSA) is 136 Å². The summed E-state index contributed by atoms with van der Waals surface area (Å²) in [6, 6.07) is 9.03. The summed E-state index contributed by atoms with van der Waals surface area (Å²) in [6.45, 7) is 5.50. The van der Waals surface area contributed by atoms with Crippen LogP contribution in [0.25, 0.3) is 0 Å². The number of hydrogen-bond donors (Lipinski definition) is 3. The standard InChI is InChI=1S/C19H26N4O6/c1-19(2,3)28-18(26)20-10-9-15-22-16(23-29-15)17(25)21-11-13(24)12-27-14-7-5-4-6-8-14/h4-8,13,24H,9-12H2,1-3H3,(H,20,26)(H,21,25). The summed E-state index contributed by atoms with van der Waals surface area (Å²) in [4.78, 5) is 27.6. The van der Waals surface area contributed by atoms with Crippen molar-refractivity contribution in [3.8, 4) is 5.75 Å². The summed E-state index contributed by atoms with van der Waals surface area (Å²) >= 11 is 0. The first-order valence-electron chi connectivity index (χ1n) is 9.16. The molecule has 0 fully saturated rings. The molecule has 0 aliphatic rings. The monoisotopic (exact) mass is 406 g/mol. The molecule has 158 valence electrons. The second-order valence-electron chi connectivity index (χ2n) is 7.18. The fourth-order valence-electron chi connectivity index (χ4n) is 2.09. The number of para-hydroxylation sites is 1. The third-order valence-electron chi connectivity index (χ3n) is 3.36. The third kappa shape index (κ3) is 8.60. The lowest BCUT2D eigenvalue weighted by Gasteiger charge is -2.19. The average molecular weight is 406 g/mol. The molecule has 1 aromatic heterocycles. The number of alkyl carbamates (subject to hydrolysis) is 1. The second kappa shape index (κ2) is 10.4. The van der Waals surface area contributed by atoms with Gasteiger partial charge in [-0.05, 0) is 32.9 Å². The van der Waals surface area contributed by atoms with E-state index in [0.29, 0.717) is 5.75 Å². The van der Waals surface area contributed by atoms with Gasteiger partial charge < -0.3 is 29.7 Å². The minimum atomic E-state index is -0.899. The van der Waals surface area contributed by atoms with Crippen LogP contribution < -0.4 is 15.4 Å². The van der Waals surface area contributed by atoms with Crippen LogP contribution in [0.2, 0.25) is 0 Å². The highest BCUT2D eigenvalue weighted by molar-refractivity contribution is 5.90. The number of nitrogens with zero attached hydrogens (tertiary/aromatic N) is 2. The summed E-state index contributed by atoms with van der Waals surface area (Å²) in [6.07, 6.45) is -1.21. The molecule has 0 bridgehead atoms. The molecular formula is C19H26N4O6. The molecule has 1 heterocycles. The predicted octanol–water partition coefficient (Wildman–Crippen LogP) is 1.31. The molecule has 1 unspecified atom stereocenters. The molecule has 10 nitrogen and oxygen atoms in total. The van der Waals surface area contributed by atoms with Gasteiger partial charge in [-0.2, -0.15) is 4.98 Å². The first kappa shape index (κ1) is 22.2. The quantitative estimate of drug-likeness (QED) is 0.567. The lowest BCUT2D eigenvalue weighted by Crippen LogP contribution is -2.35. The Balaban J connectivity index is 1.68. The van der Waals surface area contributed by atoms with Gasteiger partial charge >= 0.3 is 6.09 Å². The minimum absolute atomic E-state index is 0.0259. The maximum absolute atomic E-state index is 12.0. The first-order chi connectivity index (χ1) is 13.7. The molecule has 2 amide bonds. The Morgan fingerprint density at radius 3 is 2.62 bits per heavy atom. The molecule has 0 aliphatic heterocycles. The Kier molecular flexibility index (Phi) is 7.96. The van der Waals surface area contributed by atoms with Crippen molar-refractivity contribution >= 4 is 12.0 Å². The van der Waals surface area contributed by atoms with Gasteiger partial charge in [-0.15, -0.1) is 0 Å². The van der Waals surface area contributed by atoms with Gasteiger partial charge in [0.15, 0.2) is 0 Å². The third-order valence-corrected chi connectivity index (χ3v) is 3.36. The number of carbonyl (C=O) groups is 2. The zero-order valence-electron chi connectivity index (χ0n) is 16.7. The molecule has 0 aliphatic carbocycles. The maximum Gasteiger partial charge on any atom is 0.407 e. The number of ether oxygens (including phenoxy) is 2. The Hall–Kier alpha value is -3.14. The van der Waals surface area contributed by atoms with E-state index in [1.54, 1.807) is 32.9 Å². The fraction of sp³-hybridized carbons (Fsp3) is 0.474. The number of aliphatic hydroxyl groups is 1. The van der Waals surface area contributed by atoms with Crippen LogP contribution in [-0.2, 0) is 11.2 Å². The zero-order chi connectivity index (χ0) is 21.3. The highest BCUT2D eigenvalue weighted by Crippen LogP contribution is 2.08. The molecule has 0 radical (unpaired) electrons. The van der Waals surface area contributed by atoms with Gasteiger partial charge in [0.2, 0.25) is 5.89 Å². The van der Waals surface area contributed by atoms with E-state index in [9.17, 15) is 14.7 Å². The van der Waals surface area contributed by atoms with Gasteiger partial charge in [-0.25, -0.2) is 4.79 Å². The normalized spacial score (nSPS) is 12.1. The smallest absolute Gasteiger partial charge is 0.407 e. The van der Waals surface area contributed by atoms with E-state index in [1.165, 1.54) is 0 Å². The molecule has 29 heavy (non-hydrogen) atoms. The van der Waals surface area contributed by atoms with Gasteiger partial charge in [0.05, 0.1) is 0 Å². The number of aliphatic hydroxyl groups excluding tert-OH is 1. The number of carbonyl (C=O) groups excluding carboxylic acids is 2. The van der Waals surface area contributed by atoms with Crippen molar-refractivity contribution in [1.29, 1.82) is 0 Å². The molecule has 1 aromatic carbocycles. The maximum atomic E-state index is 12.0. The first-order valence-corrected chi connectivity index (χ1v) is 9.16. The van der Waals surface area contributed by atoms with E-state index in [2.05, 4.69) is 20.8 Å². The highest BCUT2D eigenvalue weighted by Gasteiger charge is 2.18. The average Bonchev–Trinajstić information content (AvgIpc) is 3.13. The number of nitrogens with one attached hydrogen (secondary N) is 2. The minimum Gasteiger partial charge on any atom is -0.491 e. The van der Waals surface area contributed by atoms with Crippen LogP contribution in [-0.4, -0.2) is 58.6 Å². The number of amides is 2. The Morgan fingerprint density at radius 1 is 1.21 bits per heavy atom. The summed E-state index contributed by atoms with van der Waals surface area (Å²) in [5.41, 5.74) is -0.587. The SMILES string of the molecule is CC(C)(C)OC(=O)NCCc1nc(C(=O)NCC(O)COc2ccccc2)no1. The van der Waals surface area contributed by atoms with Crippen molar-refractivity contribution in [2.24, 2.45) is 0 Å². The van der Waals surface area contributed by atoms with Gasteiger partial charge in [0.25, 0.3) is 11.7 Å². The van der Waals surface area contributed by atoms with E-state index in [1.807, 2.05) is 18.2 Å². The molecule has 10 heteroatoms. The van der Waals surface area contributed by atoms with Crippen LogP contribution in [0.15, 0.2) is 34.9 Å². The van der Waals surface area contributed by atoms with Crippen LogP contribution in [0.1, 0.15) is 37.3 Å². The van der Waals surface area contributed by atoms with Crippen molar-refractivity contribution in [3.05, 3.63) is 42.0 Å². The van der Waals surface area contributed by atoms with E-state index in [-0.39, 0.29) is 37.8 Å². The summed E-state index contributed by atoms with van der Waals surface area (Å²) in [7, 11) is 0. The summed E-state index contributed by atoms with van der Waals surface area (Å²) < 4.78 is 15.5. The molecule has 2 rings (SSSR count). The largest absolute Gasteiger partial charge is 0.491 e. The van der Waals surface area contributed by atoms with Crippen LogP contribution >= 0.6 is 0 Å². The van der Waals surface area contributed by atoms with E-state index < -0.39 is 23.7 Å². The van der Waals surface area contributed by atoms with Crippen LogP contribution in [0.4, 0.5) is 4.79 Å². The van der Waals surface area contributed by atoms with E-state index in [4.69, 9.17) is 14.0 Å². The van der Waals surface area contributed by atoms with Gasteiger partial charge in [-0.1, -0.05) is 23.4 Å². The molecule has 2 aromatic rings. The predicted molar refractivity (Wildman–Crippen MR) is 103 cm³/mol. The van der Waals surface area contributed by atoms with Crippen molar-refractivity contribution in [2.45, 2.75) is 38.9 Å². The number of aromatic nitrogens is 2. The van der Waals surface area contributed by atoms with Crippen molar-refractivity contribution < 1.29 is 28.7 Å². The second-order valence-corrected chi connectivity index (χ2v) is 7.18. The van der Waals surface area contributed by atoms with Gasteiger partial charge in [-0.3, -0.25) is 4.79 Å².